The van der Waals surface area contributed by atoms with Gasteiger partial charge in [-0.25, -0.2) is 4.79 Å². The molecule has 0 aromatic heterocycles. The van der Waals surface area contributed by atoms with E-state index in [2.05, 4.69) is 29.0 Å². The first-order chi connectivity index (χ1) is 13.5. The van der Waals surface area contributed by atoms with Crippen LogP contribution in [0.4, 0.5) is 10.5 Å². The maximum atomic E-state index is 12.7. The molecule has 6 heteroatoms. The van der Waals surface area contributed by atoms with Crippen LogP contribution in [0.1, 0.15) is 32.6 Å². The zero-order chi connectivity index (χ0) is 19.9. The standard InChI is InChI=1S/C22H32N4O2/c1-17(2)15-25-13-10-20(11-14-25)24-22(28)26-12-6-7-18(16-26)21(27)23-19-8-4-3-5-9-19/h3-5,8-9,18,20H,1,6-7,10-16H2,2H3,(H,23,27)(H,24,28). The van der Waals surface area contributed by atoms with Crippen molar-refractivity contribution in [2.75, 3.05) is 38.0 Å². The van der Waals surface area contributed by atoms with Crippen molar-refractivity contribution in [1.82, 2.24) is 15.1 Å². The van der Waals surface area contributed by atoms with Gasteiger partial charge in [-0.15, -0.1) is 0 Å². The molecule has 0 saturated carbocycles. The van der Waals surface area contributed by atoms with E-state index >= 15 is 0 Å². The number of benzene rings is 1. The fraction of sp³-hybridized carbons (Fsp3) is 0.545. The first-order valence-corrected chi connectivity index (χ1v) is 10.3. The van der Waals surface area contributed by atoms with Gasteiger partial charge in [-0.3, -0.25) is 9.69 Å². The number of likely N-dealkylation sites (tertiary alicyclic amines) is 2. The van der Waals surface area contributed by atoms with Crippen LogP contribution in [0, 0.1) is 5.92 Å². The molecule has 2 aliphatic rings. The lowest BCUT2D eigenvalue weighted by atomic mass is 9.97. The highest BCUT2D eigenvalue weighted by molar-refractivity contribution is 5.93. The van der Waals surface area contributed by atoms with Crippen LogP contribution in [0.15, 0.2) is 42.5 Å². The highest BCUT2D eigenvalue weighted by atomic mass is 16.2. The molecule has 6 nitrogen and oxygen atoms in total. The molecule has 0 radical (unpaired) electrons. The third kappa shape index (κ3) is 5.83. The summed E-state index contributed by atoms with van der Waals surface area (Å²) < 4.78 is 0. The molecule has 152 valence electrons. The third-order valence-electron chi connectivity index (χ3n) is 5.53. The van der Waals surface area contributed by atoms with E-state index in [1.807, 2.05) is 30.3 Å². The number of hydrogen-bond donors (Lipinski definition) is 2. The number of carbonyl (C=O) groups is 2. The number of hydrogen-bond acceptors (Lipinski definition) is 3. The Kier molecular flexibility index (Phi) is 7.09. The molecular weight excluding hydrogens is 352 g/mol. The van der Waals surface area contributed by atoms with Gasteiger partial charge in [0.1, 0.15) is 0 Å². The lowest BCUT2D eigenvalue weighted by Crippen LogP contribution is -2.52. The number of amides is 3. The molecule has 1 aromatic carbocycles. The first kappa shape index (κ1) is 20.4. The van der Waals surface area contributed by atoms with Crippen molar-refractivity contribution in [1.29, 1.82) is 0 Å². The minimum absolute atomic E-state index is 0.00296. The van der Waals surface area contributed by atoms with Gasteiger partial charge in [0, 0.05) is 44.5 Å². The summed E-state index contributed by atoms with van der Waals surface area (Å²) in [4.78, 5) is 29.5. The fourth-order valence-electron chi connectivity index (χ4n) is 4.02. The summed E-state index contributed by atoms with van der Waals surface area (Å²) in [6, 6.07) is 9.67. The summed E-state index contributed by atoms with van der Waals surface area (Å²) in [5.41, 5.74) is 1.98. The molecule has 2 heterocycles. The Morgan fingerprint density at radius 3 is 2.50 bits per heavy atom. The van der Waals surface area contributed by atoms with Crippen molar-refractivity contribution in [3.8, 4) is 0 Å². The summed E-state index contributed by atoms with van der Waals surface area (Å²) in [5, 5.41) is 6.14. The summed E-state index contributed by atoms with van der Waals surface area (Å²) in [6.07, 6.45) is 3.61. The van der Waals surface area contributed by atoms with E-state index in [0.29, 0.717) is 6.54 Å². The van der Waals surface area contributed by atoms with Crippen molar-refractivity contribution in [2.24, 2.45) is 5.92 Å². The number of urea groups is 1. The minimum atomic E-state index is -0.155. The van der Waals surface area contributed by atoms with Gasteiger partial charge in [-0.2, -0.15) is 0 Å². The average Bonchev–Trinajstić information content (AvgIpc) is 2.70. The van der Waals surface area contributed by atoms with Crippen molar-refractivity contribution in [3.63, 3.8) is 0 Å². The Labute approximate surface area is 168 Å². The predicted octanol–water partition coefficient (Wildman–Crippen LogP) is 3.09. The molecule has 2 N–H and O–H groups in total. The SMILES string of the molecule is C=C(C)CN1CCC(NC(=O)N2CCCC(C(=O)Nc3ccccc3)C2)CC1. The largest absolute Gasteiger partial charge is 0.335 e. The maximum absolute atomic E-state index is 12.7. The molecule has 3 amide bonds. The topological polar surface area (TPSA) is 64.7 Å². The summed E-state index contributed by atoms with van der Waals surface area (Å²) in [7, 11) is 0. The highest BCUT2D eigenvalue weighted by Gasteiger charge is 2.30. The van der Waals surface area contributed by atoms with Crippen LogP contribution in [0.25, 0.3) is 0 Å². The van der Waals surface area contributed by atoms with Gasteiger partial charge >= 0.3 is 6.03 Å². The zero-order valence-electron chi connectivity index (χ0n) is 16.8. The molecular formula is C22H32N4O2. The van der Waals surface area contributed by atoms with Gasteiger partial charge in [0.05, 0.1) is 5.92 Å². The number of carbonyl (C=O) groups excluding carboxylic acids is 2. The molecule has 1 atom stereocenters. The van der Waals surface area contributed by atoms with Crippen molar-refractivity contribution >= 4 is 17.6 Å². The normalized spacial score (nSPS) is 21.2. The lowest BCUT2D eigenvalue weighted by molar-refractivity contribution is -0.121. The quantitative estimate of drug-likeness (QED) is 0.767. The Morgan fingerprint density at radius 2 is 1.82 bits per heavy atom. The second kappa shape index (κ2) is 9.73. The van der Waals surface area contributed by atoms with Crippen LogP contribution in [-0.2, 0) is 4.79 Å². The van der Waals surface area contributed by atoms with Gasteiger partial charge < -0.3 is 15.5 Å². The molecule has 2 saturated heterocycles. The van der Waals surface area contributed by atoms with Gasteiger partial charge in [0.25, 0.3) is 0 Å². The van der Waals surface area contributed by atoms with Crippen molar-refractivity contribution in [2.45, 2.75) is 38.6 Å². The molecule has 0 spiro atoms. The van der Waals surface area contributed by atoms with E-state index in [9.17, 15) is 9.59 Å². The summed E-state index contributed by atoms with van der Waals surface area (Å²) >= 11 is 0. The Balaban J connectivity index is 1.45. The van der Waals surface area contributed by atoms with E-state index in [1.165, 1.54) is 5.57 Å². The molecule has 28 heavy (non-hydrogen) atoms. The second-order valence-electron chi connectivity index (χ2n) is 8.10. The van der Waals surface area contributed by atoms with Crippen molar-refractivity contribution < 1.29 is 9.59 Å². The lowest BCUT2D eigenvalue weighted by Gasteiger charge is -2.36. The van der Waals surface area contributed by atoms with E-state index in [1.54, 1.807) is 4.90 Å². The van der Waals surface area contributed by atoms with Gasteiger partial charge in [0.2, 0.25) is 5.91 Å². The summed E-state index contributed by atoms with van der Waals surface area (Å²) in [6.45, 7) is 10.1. The molecule has 1 unspecified atom stereocenters. The molecule has 0 bridgehead atoms. The van der Waals surface area contributed by atoms with E-state index < -0.39 is 0 Å². The van der Waals surface area contributed by atoms with Gasteiger partial charge in [-0.1, -0.05) is 30.4 Å². The monoisotopic (exact) mass is 384 g/mol. The Bertz CT molecular complexity index is 683. The van der Waals surface area contributed by atoms with E-state index in [-0.39, 0.29) is 23.9 Å². The predicted molar refractivity (Wildman–Crippen MR) is 112 cm³/mol. The van der Waals surface area contributed by atoms with Crippen LogP contribution in [0.3, 0.4) is 0 Å². The smallest absolute Gasteiger partial charge is 0.317 e. The minimum Gasteiger partial charge on any atom is -0.335 e. The molecule has 2 aliphatic heterocycles. The van der Waals surface area contributed by atoms with Crippen LogP contribution in [-0.4, -0.2) is 60.5 Å². The van der Waals surface area contributed by atoms with Gasteiger partial charge in [0.15, 0.2) is 0 Å². The second-order valence-corrected chi connectivity index (χ2v) is 8.10. The number of piperidine rings is 2. The van der Waals surface area contributed by atoms with Crippen molar-refractivity contribution in [3.05, 3.63) is 42.5 Å². The summed E-state index contributed by atoms with van der Waals surface area (Å²) in [5.74, 6) is -0.158. The fourth-order valence-corrected chi connectivity index (χ4v) is 4.02. The molecule has 3 rings (SSSR count). The van der Waals surface area contributed by atoms with Crippen LogP contribution < -0.4 is 10.6 Å². The first-order valence-electron chi connectivity index (χ1n) is 10.3. The van der Waals surface area contributed by atoms with Gasteiger partial charge in [-0.05, 0) is 44.7 Å². The molecule has 1 aromatic rings. The molecule has 0 aliphatic carbocycles. The third-order valence-corrected chi connectivity index (χ3v) is 5.53. The number of nitrogens with one attached hydrogen (secondary N) is 2. The van der Waals surface area contributed by atoms with Crippen LogP contribution in [0.5, 0.6) is 0 Å². The number of para-hydroxylation sites is 1. The Morgan fingerprint density at radius 1 is 1.11 bits per heavy atom. The van der Waals surface area contributed by atoms with Crippen LogP contribution in [0.2, 0.25) is 0 Å². The molecule has 2 fully saturated rings. The zero-order valence-corrected chi connectivity index (χ0v) is 16.8. The Hall–Kier alpha value is -2.34. The maximum Gasteiger partial charge on any atom is 0.317 e. The van der Waals surface area contributed by atoms with E-state index in [4.69, 9.17) is 0 Å². The highest BCUT2D eigenvalue weighted by Crippen LogP contribution is 2.20. The number of nitrogens with zero attached hydrogens (tertiary/aromatic N) is 2. The van der Waals surface area contributed by atoms with Crippen LogP contribution >= 0.6 is 0 Å². The number of rotatable bonds is 5. The number of anilines is 1. The average molecular weight is 385 g/mol. The van der Waals surface area contributed by atoms with E-state index in [0.717, 1.165) is 57.5 Å².